The van der Waals surface area contributed by atoms with Gasteiger partial charge in [-0.05, 0) is 54.4 Å². The van der Waals surface area contributed by atoms with E-state index in [1.807, 2.05) is 18.2 Å². The van der Waals surface area contributed by atoms with Crippen molar-refractivity contribution in [2.75, 3.05) is 11.1 Å². The normalized spacial score (nSPS) is 10.2. The number of aryl methyl sites for hydroxylation is 1. The van der Waals surface area contributed by atoms with Gasteiger partial charge in [0.1, 0.15) is 0 Å². The molecule has 2 aromatic carbocycles. The van der Waals surface area contributed by atoms with E-state index in [1.165, 1.54) is 0 Å². The molecular weight excluding hydrogens is 304 g/mol. The molecule has 0 bridgehead atoms. The molecule has 0 aliphatic heterocycles. The fraction of sp³-hybridized carbons (Fsp3) is 0.133. The van der Waals surface area contributed by atoms with Gasteiger partial charge in [0.25, 0.3) is 5.91 Å². The number of halogens is 1. The highest BCUT2D eigenvalue weighted by Crippen LogP contribution is 2.22. The van der Waals surface area contributed by atoms with E-state index in [-0.39, 0.29) is 5.91 Å². The Morgan fingerprint density at radius 3 is 2.53 bits per heavy atom. The molecular formula is C15H15BrN2O. The molecule has 0 aliphatic rings. The average molecular weight is 319 g/mol. The monoisotopic (exact) mass is 318 g/mol. The number of carbonyl (C=O) groups is 1. The van der Waals surface area contributed by atoms with Crippen LogP contribution in [-0.4, -0.2) is 5.91 Å². The highest BCUT2D eigenvalue weighted by molar-refractivity contribution is 9.10. The molecule has 2 aromatic rings. The third kappa shape index (κ3) is 3.35. The van der Waals surface area contributed by atoms with Crippen LogP contribution in [0.1, 0.15) is 22.8 Å². The van der Waals surface area contributed by atoms with Gasteiger partial charge in [0, 0.05) is 21.4 Å². The van der Waals surface area contributed by atoms with Crippen molar-refractivity contribution in [3.05, 3.63) is 58.1 Å². The standard InChI is InChI=1S/C15H15BrN2O/c1-2-10-9-12(16)5-8-14(10)18-15(19)11-3-6-13(17)7-4-11/h3-9H,2,17H2,1H3,(H,18,19). The maximum absolute atomic E-state index is 12.1. The third-order valence-electron chi connectivity index (χ3n) is 2.87. The summed E-state index contributed by atoms with van der Waals surface area (Å²) in [4.78, 5) is 12.1. The summed E-state index contributed by atoms with van der Waals surface area (Å²) in [7, 11) is 0. The lowest BCUT2D eigenvalue weighted by molar-refractivity contribution is 0.102. The molecule has 0 radical (unpaired) electrons. The van der Waals surface area contributed by atoms with Gasteiger partial charge in [0.05, 0.1) is 0 Å². The molecule has 0 fully saturated rings. The number of hydrogen-bond donors (Lipinski definition) is 2. The maximum Gasteiger partial charge on any atom is 0.255 e. The molecule has 1 amide bonds. The van der Waals surface area contributed by atoms with Crippen molar-refractivity contribution in [2.45, 2.75) is 13.3 Å². The third-order valence-corrected chi connectivity index (χ3v) is 3.36. The summed E-state index contributed by atoms with van der Waals surface area (Å²) in [5, 5.41) is 2.92. The average Bonchev–Trinajstić information content (AvgIpc) is 2.41. The lowest BCUT2D eigenvalue weighted by Gasteiger charge is -2.10. The Labute approximate surface area is 121 Å². The van der Waals surface area contributed by atoms with Gasteiger partial charge in [-0.3, -0.25) is 4.79 Å². The van der Waals surface area contributed by atoms with Gasteiger partial charge in [-0.15, -0.1) is 0 Å². The molecule has 0 atom stereocenters. The van der Waals surface area contributed by atoms with Crippen LogP contribution in [0.4, 0.5) is 11.4 Å². The first-order chi connectivity index (χ1) is 9.10. The molecule has 4 heteroatoms. The van der Waals surface area contributed by atoms with Crippen molar-refractivity contribution in [3.63, 3.8) is 0 Å². The molecule has 3 nitrogen and oxygen atoms in total. The summed E-state index contributed by atoms with van der Waals surface area (Å²) < 4.78 is 1.01. The fourth-order valence-corrected chi connectivity index (χ4v) is 2.21. The number of carbonyl (C=O) groups excluding carboxylic acids is 1. The number of nitrogens with one attached hydrogen (secondary N) is 1. The Morgan fingerprint density at radius 2 is 1.89 bits per heavy atom. The van der Waals surface area contributed by atoms with E-state index in [4.69, 9.17) is 5.73 Å². The van der Waals surface area contributed by atoms with Crippen LogP contribution in [0.15, 0.2) is 46.9 Å². The smallest absolute Gasteiger partial charge is 0.255 e. The van der Waals surface area contributed by atoms with Crippen LogP contribution in [0.2, 0.25) is 0 Å². The van der Waals surface area contributed by atoms with E-state index in [9.17, 15) is 4.79 Å². The highest BCUT2D eigenvalue weighted by Gasteiger charge is 2.08. The molecule has 3 N–H and O–H groups in total. The van der Waals surface area contributed by atoms with Gasteiger partial charge in [-0.2, -0.15) is 0 Å². The van der Waals surface area contributed by atoms with Crippen molar-refractivity contribution < 1.29 is 4.79 Å². The van der Waals surface area contributed by atoms with E-state index in [2.05, 4.69) is 28.2 Å². The van der Waals surface area contributed by atoms with Crippen molar-refractivity contribution in [2.24, 2.45) is 0 Å². The van der Waals surface area contributed by atoms with E-state index < -0.39 is 0 Å². The van der Waals surface area contributed by atoms with Gasteiger partial charge < -0.3 is 11.1 Å². The number of amides is 1. The van der Waals surface area contributed by atoms with E-state index in [0.717, 1.165) is 22.1 Å². The second kappa shape index (κ2) is 5.89. The number of nitrogen functional groups attached to an aromatic ring is 1. The van der Waals surface area contributed by atoms with E-state index in [1.54, 1.807) is 24.3 Å². The minimum atomic E-state index is -0.128. The predicted octanol–water partition coefficient (Wildman–Crippen LogP) is 3.85. The summed E-state index contributed by atoms with van der Waals surface area (Å²) in [5.41, 5.74) is 8.78. The molecule has 0 aromatic heterocycles. The molecule has 0 saturated heterocycles. The molecule has 0 unspecified atom stereocenters. The number of rotatable bonds is 3. The number of nitrogens with two attached hydrogens (primary N) is 1. The van der Waals surface area contributed by atoms with Crippen molar-refractivity contribution >= 4 is 33.2 Å². The Bertz CT molecular complexity index is 594. The van der Waals surface area contributed by atoms with Crippen molar-refractivity contribution in [1.82, 2.24) is 0 Å². The molecule has 0 aliphatic carbocycles. The van der Waals surface area contributed by atoms with Crippen molar-refractivity contribution in [1.29, 1.82) is 0 Å². The summed E-state index contributed by atoms with van der Waals surface area (Å²) in [6, 6.07) is 12.7. The Kier molecular flexibility index (Phi) is 4.22. The number of benzene rings is 2. The second-order valence-electron chi connectivity index (χ2n) is 4.23. The first-order valence-corrected chi connectivity index (χ1v) is 6.84. The number of anilines is 2. The van der Waals surface area contributed by atoms with Gasteiger partial charge in [-0.25, -0.2) is 0 Å². The zero-order valence-corrected chi connectivity index (χ0v) is 12.2. The van der Waals surface area contributed by atoms with Gasteiger partial charge in [0.2, 0.25) is 0 Å². The van der Waals surface area contributed by atoms with Gasteiger partial charge in [-0.1, -0.05) is 22.9 Å². The van der Waals surface area contributed by atoms with Gasteiger partial charge >= 0.3 is 0 Å². The molecule has 19 heavy (non-hydrogen) atoms. The highest BCUT2D eigenvalue weighted by atomic mass is 79.9. The topological polar surface area (TPSA) is 55.1 Å². The van der Waals surface area contributed by atoms with Crippen LogP contribution >= 0.6 is 15.9 Å². The maximum atomic E-state index is 12.1. The van der Waals surface area contributed by atoms with E-state index in [0.29, 0.717) is 11.3 Å². The summed E-state index contributed by atoms with van der Waals surface area (Å²) in [6.45, 7) is 2.06. The Balaban J connectivity index is 2.21. The quantitative estimate of drug-likeness (QED) is 0.845. The Morgan fingerprint density at radius 1 is 1.21 bits per heavy atom. The summed E-state index contributed by atoms with van der Waals surface area (Å²) >= 11 is 3.43. The number of hydrogen-bond acceptors (Lipinski definition) is 2. The first kappa shape index (κ1) is 13.6. The van der Waals surface area contributed by atoms with Crippen molar-refractivity contribution in [3.8, 4) is 0 Å². The van der Waals surface area contributed by atoms with Crippen LogP contribution in [0.3, 0.4) is 0 Å². The molecule has 0 heterocycles. The van der Waals surface area contributed by atoms with Crippen LogP contribution in [0.5, 0.6) is 0 Å². The van der Waals surface area contributed by atoms with Crippen LogP contribution in [0.25, 0.3) is 0 Å². The van der Waals surface area contributed by atoms with Gasteiger partial charge in [0.15, 0.2) is 0 Å². The predicted molar refractivity (Wildman–Crippen MR) is 82.3 cm³/mol. The minimum absolute atomic E-state index is 0.128. The molecule has 98 valence electrons. The lowest BCUT2D eigenvalue weighted by Crippen LogP contribution is -2.13. The first-order valence-electron chi connectivity index (χ1n) is 6.05. The SMILES string of the molecule is CCc1cc(Br)ccc1NC(=O)c1ccc(N)cc1. The Hall–Kier alpha value is -1.81. The fourth-order valence-electron chi connectivity index (χ4n) is 1.81. The largest absolute Gasteiger partial charge is 0.399 e. The van der Waals surface area contributed by atoms with E-state index >= 15 is 0 Å². The van der Waals surface area contributed by atoms with Crippen LogP contribution in [-0.2, 0) is 6.42 Å². The summed E-state index contributed by atoms with van der Waals surface area (Å²) in [6.07, 6.45) is 0.858. The minimum Gasteiger partial charge on any atom is -0.399 e. The second-order valence-corrected chi connectivity index (χ2v) is 5.15. The molecule has 0 spiro atoms. The van der Waals surface area contributed by atoms with Crippen LogP contribution in [0, 0.1) is 0 Å². The zero-order valence-electron chi connectivity index (χ0n) is 10.6. The van der Waals surface area contributed by atoms with Crippen LogP contribution < -0.4 is 11.1 Å². The zero-order chi connectivity index (χ0) is 13.8. The molecule has 2 rings (SSSR count). The molecule has 0 saturated carbocycles. The lowest BCUT2D eigenvalue weighted by atomic mass is 10.1. The summed E-state index contributed by atoms with van der Waals surface area (Å²) in [5.74, 6) is -0.128.